The molecular weight excluding hydrogens is 366 g/mol. The van der Waals surface area contributed by atoms with E-state index in [4.69, 9.17) is 0 Å². The molecule has 0 aromatic carbocycles. The van der Waals surface area contributed by atoms with Gasteiger partial charge in [-0.15, -0.1) is 0 Å². The third-order valence-corrected chi connectivity index (χ3v) is 8.02. The van der Waals surface area contributed by atoms with E-state index in [-0.39, 0.29) is 34.9 Å². The molecule has 4 heterocycles. The quantitative estimate of drug-likeness (QED) is 0.736. The van der Waals surface area contributed by atoms with Crippen molar-refractivity contribution in [3.8, 4) is 0 Å². The van der Waals surface area contributed by atoms with E-state index in [1.807, 2.05) is 14.1 Å². The summed E-state index contributed by atoms with van der Waals surface area (Å²) in [5, 5.41) is 0.116. The van der Waals surface area contributed by atoms with Crippen LogP contribution in [0.5, 0.6) is 0 Å². The van der Waals surface area contributed by atoms with Crippen molar-refractivity contribution in [2.45, 2.75) is 42.8 Å². The Morgan fingerprint density at radius 2 is 2.00 bits per heavy atom. The number of aromatic nitrogens is 2. The largest absolute Gasteiger partial charge is 0.339 e. The first-order valence-corrected chi connectivity index (χ1v) is 11.2. The van der Waals surface area contributed by atoms with Crippen LogP contribution in [0, 0.1) is 11.8 Å². The zero-order valence-corrected chi connectivity index (χ0v) is 17.1. The zero-order chi connectivity index (χ0) is 19.3. The summed E-state index contributed by atoms with van der Waals surface area (Å²) in [6.07, 6.45) is 6.59. The Morgan fingerprint density at radius 1 is 1.26 bits per heavy atom. The minimum Gasteiger partial charge on any atom is -0.339 e. The second-order valence-electron chi connectivity index (χ2n) is 8.55. The van der Waals surface area contributed by atoms with Crippen LogP contribution in [-0.2, 0) is 21.9 Å². The molecule has 1 aromatic heterocycles. The standard InChI is InChI=1S/C18H29N5O3S/c1-20(2)10-16-14-7-13(15-5-4-6-18(24)23(15)16)8-22(9-14)27(25,26)17-11-21(3)12-19-17/h11-16H,4-10H2,1-3H3/t13-,14+,15+,16+/m1/s1. The SMILES string of the molecule is CN(C)C[C@H]1[C@H]2C[C@H](CN(S(=O)(=O)c3cn(C)cn3)C2)[C@@H]2CCCC(=O)N21. The van der Waals surface area contributed by atoms with Crippen LogP contribution in [0.4, 0.5) is 0 Å². The third-order valence-electron chi connectivity index (χ3n) is 6.30. The highest BCUT2D eigenvalue weighted by Gasteiger charge is 2.51. The van der Waals surface area contributed by atoms with Gasteiger partial charge in [-0.05, 0) is 45.2 Å². The lowest BCUT2D eigenvalue weighted by molar-refractivity contribution is -0.151. The maximum Gasteiger partial charge on any atom is 0.262 e. The Hall–Kier alpha value is -1.45. The van der Waals surface area contributed by atoms with Crippen molar-refractivity contribution in [2.75, 3.05) is 33.7 Å². The molecule has 0 unspecified atom stereocenters. The van der Waals surface area contributed by atoms with Gasteiger partial charge in [-0.25, -0.2) is 13.4 Å². The molecular formula is C18H29N5O3S. The molecule has 9 heteroatoms. The van der Waals surface area contributed by atoms with E-state index in [1.165, 1.54) is 6.33 Å². The summed E-state index contributed by atoms with van der Waals surface area (Å²) in [6.45, 7) is 1.72. The smallest absolute Gasteiger partial charge is 0.262 e. The van der Waals surface area contributed by atoms with Crippen LogP contribution in [-0.4, -0.2) is 83.8 Å². The second-order valence-corrected chi connectivity index (χ2v) is 10.4. The minimum atomic E-state index is -3.60. The number of hydrogen-bond donors (Lipinski definition) is 0. The average molecular weight is 396 g/mol. The highest BCUT2D eigenvalue weighted by Crippen LogP contribution is 2.42. The summed E-state index contributed by atoms with van der Waals surface area (Å²) in [6, 6.07) is 0.241. The maximum atomic E-state index is 13.1. The van der Waals surface area contributed by atoms with Crippen LogP contribution in [0.3, 0.4) is 0 Å². The summed E-state index contributed by atoms with van der Waals surface area (Å²) in [7, 11) is 2.20. The number of likely N-dealkylation sites (N-methyl/N-ethyl adjacent to an activating group) is 1. The number of nitrogens with zero attached hydrogens (tertiary/aromatic N) is 5. The maximum absolute atomic E-state index is 13.1. The first-order valence-electron chi connectivity index (χ1n) is 9.71. The van der Waals surface area contributed by atoms with Gasteiger partial charge in [0.2, 0.25) is 5.91 Å². The van der Waals surface area contributed by atoms with Gasteiger partial charge >= 0.3 is 0 Å². The number of fused-ring (bicyclic) bond motifs is 4. The van der Waals surface area contributed by atoms with Crippen LogP contribution < -0.4 is 0 Å². The van der Waals surface area contributed by atoms with Crippen molar-refractivity contribution in [3.05, 3.63) is 12.5 Å². The summed E-state index contributed by atoms with van der Waals surface area (Å²) >= 11 is 0. The van der Waals surface area contributed by atoms with Crippen molar-refractivity contribution in [3.63, 3.8) is 0 Å². The Morgan fingerprint density at radius 3 is 2.67 bits per heavy atom. The van der Waals surface area contributed by atoms with Crippen molar-refractivity contribution in [1.29, 1.82) is 0 Å². The number of sulfonamides is 1. The Bertz CT molecular complexity index is 821. The van der Waals surface area contributed by atoms with Crippen LogP contribution in [0.15, 0.2) is 17.6 Å². The summed E-state index contributed by atoms with van der Waals surface area (Å²) in [5.74, 6) is 0.627. The van der Waals surface area contributed by atoms with E-state index in [2.05, 4.69) is 14.8 Å². The summed E-state index contributed by atoms with van der Waals surface area (Å²) in [4.78, 5) is 21.0. The molecule has 0 spiro atoms. The van der Waals surface area contributed by atoms with Gasteiger partial charge in [-0.3, -0.25) is 4.79 Å². The fourth-order valence-electron chi connectivity index (χ4n) is 5.19. The summed E-state index contributed by atoms with van der Waals surface area (Å²) in [5.41, 5.74) is 0. The van der Waals surface area contributed by atoms with Crippen molar-refractivity contribution < 1.29 is 13.2 Å². The molecule has 3 saturated heterocycles. The van der Waals surface area contributed by atoms with Gasteiger partial charge < -0.3 is 14.4 Å². The lowest BCUT2D eigenvalue weighted by Gasteiger charge is -2.56. The number of imidazole rings is 1. The number of carbonyl (C=O) groups is 1. The number of carbonyl (C=O) groups excluding carboxylic acids is 1. The monoisotopic (exact) mass is 395 g/mol. The molecule has 2 bridgehead atoms. The predicted molar refractivity (Wildman–Crippen MR) is 100 cm³/mol. The number of piperidine rings is 3. The first-order chi connectivity index (χ1) is 12.8. The van der Waals surface area contributed by atoms with Gasteiger partial charge in [0.1, 0.15) is 0 Å². The molecule has 0 radical (unpaired) electrons. The lowest BCUT2D eigenvalue weighted by Crippen LogP contribution is -2.67. The highest BCUT2D eigenvalue weighted by atomic mass is 32.2. The van der Waals surface area contributed by atoms with Crippen LogP contribution in [0.1, 0.15) is 25.7 Å². The van der Waals surface area contributed by atoms with Crippen molar-refractivity contribution in [2.24, 2.45) is 18.9 Å². The number of aryl methyl sites for hydroxylation is 1. The molecule has 1 aromatic rings. The van der Waals surface area contributed by atoms with E-state index in [9.17, 15) is 13.2 Å². The molecule has 8 nitrogen and oxygen atoms in total. The molecule has 3 fully saturated rings. The number of rotatable bonds is 4. The molecule has 3 aliphatic rings. The van der Waals surface area contributed by atoms with E-state index in [0.717, 1.165) is 25.8 Å². The Kier molecular flexibility index (Phi) is 4.80. The topological polar surface area (TPSA) is 78.8 Å². The number of amides is 1. The second kappa shape index (κ2) is 6.86. The van der Waals surface area contributed by atoms with Gasteiger partial charge in [-0.1, -0.05) is 0 Å². The number of hydrogen-bond acceptors (Lipinski definition) is 5. The molecule has 4 rings (SSSR count). The molecule has 150 valence electrons. The Labute approximate surface area is 161 Å². The summed E-state index contributed by atoms with van der Waals surface area (Å²) < 4.78 is 29.6. The van der Waals surface area contributed by atoms with E-state index in [1.54, 1.807) is 22.1 Å². The zero-order valence-electron chi connectivity index (χ0n) is 16.3. The van der Waals surface area contributed by atoms with Gasteiger partial charge in [0, 0.05) is 51.4 Å². The van der Waals surface area contributed by atoms with Gasteiger partial charge in [-0.2, -0.15) is 4.31 Å². The van der Waals surface area contributed by atoms with E-state index < -0.39 is 10.0 Å². The fourth-order valence-corrected chi connectivity index (χ4v) is 6.71. The molecule has 27 heavy (non-hydrogen) atoms. The van der Waals surface area contributed by atoms with Crippen LogP contribution in [0.25, 0.3) is 0 Å². The molecule has 4 atom stereocenters. The van der Waals surface area contributed by atoms with Crippen LogP contribution >= 0.6 is 0 Å². The fraction of sp³-hybridized carbons (Fsp3) is 0.778. The molecule has 0 aliphatic carbocycles. The van der Waals surface area contributed by atoms with Crippen molar-refractivity contribution >= 4 is 15.9 Å². The van der Waals surface area contributed by atoms with E-state index >= 15 is 0 Å². The lowest BCUT2D eigenvalue weighted by atomic mass is 9.72. The highest BCUT2D eigenvalue weighted by molar-refractivity contribution is 7.89. The van der Waals surface area contributed by atoms with Crippen molar-refractivity contribution in [1.82, 2.24) is 23.7 Å². The van der Waals surface area contributed by atoms with Gasteiger partial charge in [0.15, 0.2) is 5.03 Å². The predicted octanol–water partition coefficient (Wildman–Crippen LogP) is 0.372. The van der Waals surface area contributed by atoms with E-state index in [0.29, 0.717) is 19.5 Å². The minimum absolute atomic E-state index is 0.0794. The average Bonchev–Trinajstić information content (AvgIpc) is 3.05. The first kappa shape index (κ1) is 18.9. The normalized spacial score (nSPS) is 32.0. The molecule has 3 aliphatic heterocycles. The van der Waals surface area contributed by atoms with Gasteiger partial charge in [0.05, 0.1) is 6.33 Å². The van der Waals surface area contributed by atoms with Gasteiger partial charge in [0.25, 0.3) is 10.0 Å². The molecule has 1 amide bonds. The third kappa shape index (κ3) is 3.30. The molecule has 0 saturated carbocycles. The Balaban J connectivity index is 1.65. The molecule has 0 N–H and O–H groups in total. The van der Waals surface area contributed by atoms with Crippen LogP contribution in [0.2, 0.25) is 0 Å².